The zero-order valence-corrected chi connectivity index (χ0v) is 13.6. The van der Waals surface area contributed by atoms with Gasteiger partial charge in [-0.25, -0.2) is 0 Å². The maximum Gasteiger partial charge on any atom is 0.261 e. The van der Waals surface area contributed by atoms with Crippen LogP contribution in [-0.2, 0) is 4.79 Å². The molecule has 0 aromatic heterocycles. The number of amides is 1. The van der Waals surface area contributed by atoms with Crippen LogP contribution >= 0.6 is 0 Å². The molecule has 1 aliphatic rings. The SMILES string of the molecule is N=C(C=CN)c1ccc(Oc2ccc(O[C@H]3CCNC3=O)cc2)cc1. The lowest BCUT2D eigenvalue weighted by Crippen LogP contribution is -2.27. The molecule has 0 spiro atoms. The van der Waals surface area contributed by atoms with Crippen molar-refractivity contribution in [3.63, 3.8) is 0 Å². The summed E-state index contributed by atoms with van der Waals surface area (Å²) < 4.78 is 11.4. The van der Waals surface area contributed by atoms with Gasteiger partial charge in [-0.3, -0.25) is 4.79 Å². The van der Waals surface area contributed by atoms with Crippen LogP contribution in [0.2, 0.25) is 0 Å². The molecular weight excluding hydrogens is 318 g/mol. The van der Waals surface area contributed by atoms with Crippen molar-refractivity contribution in [3.8, 4) is 17.2 Å². The molecule has 2 aromatic rings. The Morgan fingerprint density at radius 2 is 1.68 bits per heavy atom. The fourth-order valence-electron chi connectivity index (χ4n) is 2.47. The zero-order valence-electron chi connectivity index (χ0n) is 13.6. The maximum absolute atomic E-state index is 11.5. The molecule has 0 unspecified atom stereocenters. The molecular formula is C19H19N3O3. The first-order valence-electron chi connectivity index (χ1n) is 7.95. The Labute approximate surface area is 145 Å². The molecule has 0 bridgehead atoms. The summed E-state index contributed by atoms with van der Waals surface area (Å²) in [6, 6.07) is 14.3. The Bertz CT molecular complexity index is 783. The summed E-state index contributed by atoms with van der Waals surface area (Å²) in [6.45, 7) is 0.652. The first-order chi connectivity index (χ1) is 12.2. The Kier molecular flexibility index (Phi) is 4.99. The van der Waals surface area contributed by atoms with Crippen LogP contribution in [0.15, 0.2) is 60.8 Å². The van der Waals surface area contributed by atoms with Crippen molar-refractivity contribution >= 4 is 11.6 Å². The smallest absolute Gasteiger partial charge is 0.261 e. The Balaban J connectivity index is 1.61. The normalized spacial score (nSPS) is 16.6. The summed E-state index contributed by atoms with van der Waals surface area (Å²) in [4.78, 5) is 11.5. The predicted molar refractivity (Wildman–Crippen MR) is 95.2 cm³/mol. The standard InChI is InChI=1S/C19H19N3O3/c20-11-9-17(21)13-1-3-14(4-2-13)24-15-5-7-16(8-6-15)25-18-10-12-22-19(18)23/h1-9,11,18,21H,10,12,20H2,(H,22,23)/t18-/m0/s1. The van der Waals surface area contributed by atoms with Gasteiger partial charge in [0.05, 0.1) is 5.71 Å². The third-order valence-corrected chi connectivity index (χ3v) is 3.76. The molecule has 128 valence electrons. The largest absolute Gasteiger partial charge is 0.481 e. The molecule has 1 aliphatic heterocycles. The second-order valence-electron chi connectivity index (χ2n) is 5.56. The van der Waals surface area contributed by atoms with E-state index in [0.29, 0.717) is 35.9 Å². The van der Waals surface area contributed by atoms with Gasteiger partial charge in [0.25, 0.3) is 5.91 Å². The van der Waals surface area contributed by atoms with E-state index in [1.807, 2.05) is 0 Å². The number of allylic oxidation sites excluding steroid dienone is 1. The molecule has 1 amide bonds. The van der Waals surface area contributed by atoms with Gasteiger partial charge in [-0.15, -0.1) is 0 Å². The summed E-state index contributed by atoms with van der Waals surface area (Å²) >= 11 is 0. The van der Waals surface area contributed by atoms with Gasteiger partial charge in [0.2, 0.25) is 0 Å². The van der Waals surface area contributed by atoms with Gasteiger partial charge in [-0.1, -0.05) is 0 Å². The number of rotatable bonds is 6. The highest BCUT2D eigenvalue weighted by molar-refractivity contribution is 6.06. The van der Waals surface area contributed by atoms with E-state index in [1.54, 1.807) is 48.5 Å². The van der Waals surface area contributed by atoms with Crippen LogP contribution in [0.4, 0.5) is 0 Å². The number of ether oxygens (including phenoxy) is 2. The molecule has 6 heteroatoms. The molecule has 4 N–H and O–H groups in total. The Morgan fingerprint density at radius 3 is 2.24 bits per heavy atom. The van der Waals surface area contributed by atoms with Crippen molar-refractivity contribution in [1.82, 2.24) is 5.32 Å². The van der Waals surface area contributed by atoms with E-state index in [0.717, 1.165) is 5.56 Å². The molecule has 0 saturated carbocycles. The predicted octanol–water partition coefficient (Wildman–Crippen LogP) is 2.59. The van der Waals surface area contributed by atoms with Crippen LogP contribution in [0, 0.1) is 5.41 Å². The summed E-state index contributed by atoms with van der Waals surface area (Å²) in [5.74, 6) is 1.88. The summed E-state index contributed by atoms with van der Waals surface area (Å²) in [7, 11) is 0. The van der Waals surface area contributed by atoms with Crippen molar-refractivity contribution in [2.45, 2.75) is 12.5 Å². The van der Waals surface area contributed by atoms with Crippen molar-refractivity contribution < 1.29 is 14.3 Å². The van der Waals surface area contributed by atoms with Crippen LogP contribution in [0.25, 0.3) is 0 Å². The lowest BCUT2D eigenvalue weighted by molar-refractivity contribution is -0.124. The quantitative estimate of drug-likeness (QED) is 0.706. The minimum atomic E-state index is -0.419. The summed E-state index contributed by atoms with van der Waals surface area (Å²) in [5.41, 5.74) is 6.39. The number of nitrogens with two attached hydrogens (primary N) is 1. The first kappa shape index (κ1) is 16.6. The molecule has 1 fully saturated rings. The average Bonchev–Trinajstić information content (AvgIpc) is 3.02. The van der Waals surface area contributed by atoms with E-state index in [9.17, 15) is 4.79 Å². The number of carbonyl (C=O) groups is 1. The minimum absolute atomic E-state index is 0.0736. The number of hydrogen-bond donors (Lipinski definition) is 3. The van der Waals surface area contributed by atoms with Crippen molar-refractivity contribution in [3.05, 3.63) is 66.4 Å². The van der Waals surface area contributed by atoms with E-state index in [2.05, 4.69) is 5.32 Å². The molecule has 25 heavy (non-hydrogen) atoms. The van der Waals surface area contributed by atoms with Gasteiger partial charge in [-0.05, 0) is 66.4 Å². The van der Waals surface area contributed by atoms with Crippen LogP contribution in [0.3, 0.4) is 0 Å². The van der Waals surface area contributed by atoms with Crippen LogP contribution < -0.4 is 20.5 Å². The third kappa shape index (κ3) is 4.17. The molecule has 0 aliphatic carbocycles. The maximum atomic E-state index is 11.5. The van der Waals surface area contributed by atoms with E-state index in [-0.39, 0.29) is 5.91 Å². The van der Waals surface area contributed by atoms with Crippen molar-refractivity contribution in [2.24, 2.45) is 5.73 Å². The van der Waals surface area contributed by atoms with Gasteiger partial charge < -0.3 is 25.9 Å². The van der Waals surface area contributed by atoms with Crippen molar-refractivity contribution in [1.29, 1.82) is 5.41 Å². The molecule has 1 heterocycles. The second-order valence-corrected chi connectivity index (χ2v) is 5.56. The highest BCUT2D eigenvalue weighted by Gasteiger charge is 2.25. The van der Waals surface area contributed by atoms with Crippen LogP contribution in [-0.4, -0.2) is 24.3 Å². The molecule has 0 radical (unpaired) electrons. The number of benzene rings is 2. The minimum Gasteiger partial charge on any atom is -0.481 e. The van der Waals surface area contributed by atoms with Crippen LogP contribution in [0.5, 0.6) is 17.2 Å². The van der Waals surface area contributed by atoms with E-state index >= 15 is 0 Å². The fourth-order valence-corrected chi connectivity index (χ4v) is 2.47. The van der Waals surface area contributed by atoms with Crippen molar-refractivity contribution in [2.75, 3.05) is 6.54 Å². The first-order valence-corrected chi connectivity index (χ1v) is 7.95. The molecule has 2 aromatic carbocycles. The lowest BCUT2D eigenvalue weighted by atomic mass is 10.1. The summed E-state index contributed by atoms with van der Waals surface area (Å²) in [6.07, 6.45) is 3.12. The van der Waals surface area contributed by atoms with Gasteiger partial charge in [0.15, 0.2) is 6.10 Å². The molecule has 1 atom stereocenters. The Morgan fingerprint density at radius 1 is 1.08 bits per heavy atom. The van der Waals surface area contributed by atoms with E-state index in [4.69, 9.17) is 20.6 Å². The third-order valence-electron chi connectivity index (χ3n) is 3.76. The van der Waals surface area contributed by atoms with Gasteiger partial charge >= 0.3 is 0 Å². The van der Waals surface area contributed by atoms with E-state index in [1.165, 1.54) is 12.3 Å². The lowest BCUT2D eigenvalue weighted by Gasteiger charge is -2.12. The monoisotopic (exact) mass is 337 g/mol. The Hall–Kier alpha value is -3.28. The van der Waals surface area contributed by atoms with Gasteiger partial charge in [0.1, 0.15) is 17.2 Å². The number of nitrogens with one attached hydrogen (secondary N) is 2. The number of carbonyl (C=O) groups excluding carboxylic acids is 1. The van der Waals surface area contributed by atoms with Crippen LogP contribution in [0.1, 0.15) is 12.0 Å². The average molecular weight is 337 g/mol. The zero-order chi connectivity index (χ0) is 17.6. The number of hydrogen-bond acceptors (Lipinski definition) is 5. The molecule has 3 rings (SSSR count). The molecule has 1 saturated heterocycles. The second kappa shape index (κ2) is 7.53. The summed E-state index contributed by atoms with van der Waals surface area (Å²) in [5, 5.41) is 10.5. The van der Waals surface area contributed by atoms with E-state index < -0.39 is 6.10 Å². The van der Waals surface area contributed by atoms with Gasteiger partial charge in [0, 0.05) is 13.0 Å². The van der Waals surface area contributed by atoms with Gasteiger partial charge in [-0.2, -0.15) is 0 Å². The fraction of sp³-hybridized carbons (Fsp3) is 0.158. The molecule has 6 nitrogen and oxygen atoms in total. The highest BCUT2D eigenvalue weighted by Crippen LogP contribution is 2.25. The highest BCUT2D eigenvalue weighted by atomic mass is 16.5. The topological polar surface area (TPSA) is 97.4 Å².